The first-order valence-electron chi connectivity index (χ1n) is 6.98. The van der Waals surface area contributed by atoms with Crippen LogP contribution in [0.3, 0.4) is 0 Å². The number of Topliss-reactive ketones (excluding diaryl/α,β-unsaturated/α-hetero) is 1. The number of ether oxygens (including phenoxy) is 1. The normalized spacial score (nSPS) is 12.5. The molecule has 1 aromatic carbocycles. The third-order valence-electron chi connectivity index (χ3n) is 3.18. The second kappa shape index (κ2) is 8.26. The number of ketones is 1. The Morgan fingerprint density at radius 3 is 2.11 bits per heavy atom. The topological polar surface area (TPSA) is 26.3 Å². The Hall–Kier alpha value is -0.960. The van der Waals surface area contributed by atoms with Gasteiger partial charge in [0.15, 0.2) is 5.25 Å². The SMILES string of the molecule is CCC[S+](CCC)C(C)C(=O)c1ccc(OC)cc1. The van der Waals surface area contributed by atoms with Gasteiger partial charge in [-0.05, 0) is 54.9 Å². The first kappa shape index (κ1) is 16.1. The molecule has 0 N–H and O–H groups in total. The number of hydrogen-bond acceptors (Lipinski definition) is 2. The van der Waals surface area contributed by atoms with Gasteiger partial charge < -0.3 is 4.74 Å². The lowest BCUT2D eigenvalue weighted by molar-refractivity contribution is 0.0993. The van der Waals surface area contributed by atoms with Crippen LogP contribution in [0.4, 0.5) is 0 Å². The standard InChI is InChI=1S/C16H25O2S/c1-5-11-19(12-6-2)13(3)16(17)14-7-9-15(18-4)10-8-14/h7-10,13H,5-6,11-12H2,1-4H3/q+1. The second-order valence-corrected chi connectivity index (χ2v) is 7.28. The van der Waals surface area contributed by atoms with E-state index in [1.807, 2.05) is 24.3 Å². The van der Waals surface area contributed by atoms with E-state index < -0.39 is 0 Å². The van der Waals surface area contributed by atoms with Crippen LogP contribution in [0.5, 0.6) is 5.75 Å². The lowest BCUT2D eigenvalue weighted by atomic mass is 10.1. The van der Waals surface area contributed by atoms with Gasteiger partial charge in [-0.15, -0.1) is 0 Å². The summed E-state index contributed by atoms with van der Waals surface area (Å²) < 4.78 is 5.12. The second-order valence-electron chi connectivity index (χ2n) is 4.68. The van der Waals surface area contributed by atoms with Crippen LogP contribution in [0.25, 0.3) is 0 Å². The van der Waals surface area contributed by atoms with Crippen LogP contribution in [-0.2, 0) is 10.9 Å². The summed E-state index contributed by atoms with van der Waals surface area (Å²) >= 11 is 0. The van der Waals surface area contributed by atoms with Crippen molar-refractivity contribution in [3.8, 4) is 5.75 Å². The molecule has 3 heteroatoms. The maximum absolute atomic E-state index is 12.5. The Bertz CT molecular complexity index is 380. The highest BCUT2D eigenvalue weighted by molar-refractivity contribution is 7.98. The van der Waals surface area contributed by atoms with Crippen LogP contribution in [-0.4, -0.2) is 29.6 Å². The van der Waals surface area contributed by atoms with Crippen LogP contribution in [0.1, 0.15) is 44.0 Å². The number of carbonyl (C=O) groups excluding carboxylic acids is 1. The molecule has 0 saturated heterocycles. The van der Waals surface area contributed by atoms with E-state index in [4.69, 9.17) is 4.74 Å². The summed E-state index contributed by atoms with van der Waals surface area (Å²) in [5.74, 6) is 3.39. The van der Waals surface area contributed by atoms with Gasteiger partial charge in [-0.25, -0.2) is 0 Å². The molecule has 1 rings (SSSR count). The molecule has 0 saturated carbocycles. The third kappa shape index (κ3) is 4.57. The molecule has 0 aliphatic rings. The van der Waals surface area contributed by atoms with Crippen LogP contribution in [0.15, 0.2) is 24.3 Å². The molecule has 0 amide bonds. The average Bonchev–Trinajstić information content (AvgIpc) is 2.45. The summed E-state index contributed by atoms with van der Waals surface area (Å²) in [6.07, 6.45) is 2.31. The molecule has 2 nitrogen and oxygen atoms in total. The van der Waals surface area contributed by atoms with Crippen molar-refractivity contribution in [2.24, 2.45) is 0 Å². The Kier molecular flexibility index (Phi) is 7.00. The highest BCUT2D eigenvalue weighted by atomic mass is 32.2. The molecule has 19 heavy (non-hydrogen) atoms. The maximum atomic E-state index is 12.5. The zero-order valence-electron chi connectivity index (χ0n) is 12.4. The Labute approximate surface area is 119 Å². The minimum absolute atomic E-state index is 0.133. The van der Waals surface area contributed by atoms with Crippen LogP contribution >= 0.6 is 0 Å². The zero-order valence-corrected chi connectivity index (χ0v) is 13.3. The number of hydrogen-bond donors (Lipinski definition) is 0. The Balaban J connectivity index is 2.78. The van der Waals surface area contributed by atoms with Gasteiger partial charge in [0.25, 0.3) is 0 Å². The smallest absolute Gasteiger partial charge is 0.214 e. The van der Waals surface area contributed by atoms with E-state index in [1.165, 1.54) is 0 Å². The molecular formula is C16H25O2S+. The molecule has 1 unspecified atom stereocenters. The fourth-order valence-corrected chi connectivity index (χ4v) is 4.52. The summed E-state index contributed by atoms with van der Waals surface area (Å²) in [6, 6.07) is 7.46. The van der Waals surface area contributed by atoms with E-state index in [9.17, 15) is 4.79 Å². The van der Waals surface area contributed by atoms with Crippen molar-refractivity contribution in [1.82, 2.24) is 0 Å². The Morgan fingerprint density at radius 1 is 1.16 bits per heavy atom. The molecular weight excluding hydrogens is 256 g/mol. The van der Waals surface area contributed by atoms with Crippen LogP contribution < -0.4 is 4.74 Å². The fourth-order valence-electron chi connectivity index (χ4n) is 2.12. The summed E-state index contributed by atoms with van der Waals surface area (Å²) in [4.78, 5) is 12.5. The highest BCUT2D eigenvalue weighted by Gasteiger charge is 2.31. The molecule has 0 spiro atoms. The monoisotopic (exact) mass is 281 g/mol. The van der Waals surface area contributed by atoms with E-state index in [-0.39, 0.29) is 21.9 Å². The number of carbonyl (C=O) groups is 1. The molecule has 0 heterocycles. The number of benzene rings is 1. The molecule has 1 atom stereocenters. The van der Waals surface area contributed by atoms with Gasteiger partial charge in [0.2, 0.25) is 5.78 Å². The number of rotatable bonds is 8. The van der Waals surface area contributed by atoms with Crippen molar-refractivity contribution in [3.05, 3.63) is 29.8 Å². The molecule has 106 valence electrons. The van der Waals surface area contributed by atoms with Gasteiger partial charge >= 0.3 is 0 Å². The lowest BCUT2D eigenvalue weighted by Crippen LogP contribution is -2.31. The van der Waals surface area contributed by atoms with Crippen molar-refractivity contribution in [2.45, 2.75) is 38.9 Å². The van der Waals surface area contributed by atoms with E-state index in [0.29, 0.717) is 0 Å². The van der Waals surface area contributed by atoms with Crippen molar-refractivity contribution in [2.75, 3.05) is 18.6 Å². The predicted octanol–water partition coefficient (Wildman–Crippen LogP) is 3.70. The quantitative estimate of drug-likeness (QED) is 0.536. The lowest BCUT2D eigenvalue weighted by Gasteiger charge is -2.14. The molecule has 0 bridgehead atoms. The molecule has 0 radical (unpaired) electrons. The van der Waals surface area contributed by atoms with Crippen molar-refractivity contribution in [3.63, 3.8) is 0 Å². The van der Waals surface area contributed by atoms with E-state index >= 15 is 0 Å². The first-order valence-corrected chi connectivity index (χ1v) is 8.61. The van der Waals surface area contributed by atoms with Crippen molar-refractivity contribution < 1.29 is 9.53 Å². The molecule has 0 aromatic heterocycles. The minimum Gasteiger partial charge on any atom is -0.497 e. The van der Waals surface area contributed by atoms with Gasteiger partial charge in [-0.2, -0.15) is 0 Å². The Morgan fingerprint density at radius 2 is 1.68 bits per heavy atom. The van der Waals surface area contributed by atoms with Gasteiger partial charge in [-0.1, -0.05) is 13.8 Å². The molecule has 0 aliphatic heterocycles. The van der Waals surface area contributed by atoms with Crippen LogP contribution in [0.2, 0.25) is 0 Å². The third-order valence-corrected chi connectivity index (χ3v) is 6.26. The van der Waals surface area contributed by atoms with E-state index in [0.717, 1.165) is 35.7 Å². The van der Waals surface area contributed by atoms with Gasteiger partial charge in [0.05, 0.1) is 7.11 Å². The van der Waals surface area contributed by atoms with Crippen molar-refractivity contribution in [1.29, 1.82) is 0 Å². The van der Waals surface area contributed by atoms with Crippen molar-refractivity contribution >= 4 is 16.7 Å². The van der Waals surface area contributed by atoms with Gasteiger partial charge in [0, 0.05) is 5.56 Å². The first-order chi connectivity index (χ1) is 9.13. The largest absolute Gasteiger partial charge is 0.497 e. The molecule has 0 fully saturated rings. The van der Waals surface area contributed by atoms with Gasteiger partial charge in [0.1, 0.15) is 17.3 Å². The fraction of sp³-hybridized carbons (Fsp3) is 0.562. The predicted molar refractivity (Wildman–Crippen MR) is 84.5 cm³/mol. The zero-order chi connectivity index (χ0) is 14.3. The van der Waals surface area contributed by atoms with E-state index in [1.54, 1.807) is 7.11 Å². The maximum Gasteiger partial charge on any atom is 0.214 e. The molecule has 1 aromatic rings. The highest BCUT2D eigenvalue weighted by Crippen LogP contribution is 2.18. The van der Waals surface area contributed by atoms with E-state index in [2.05, 4.69) is 20.8 Å². The number of methoxy groups -OCH3 is 1. The van der Waals surface area contributed by atoms with Crippen LogP contribution in [0, 0.1) is 0 Å². The minimum atomic E-state index is 0.133. The summed E-state index contributed by atoms with van der Waals surface area (Å²) in [6.45, 7) is 6.47. The average molecular weight is 281 g/mol. The summed E-state index contributed by atoms with van der Waals surface area (Å²) in [5, 5.41) is 0.133. The summed E-state index contributed by atoms with van der Waals surface area (Å²) in [5.41, 5.74) is 0.804. The van der Waals surface area contributed by atoms with Gasteiger partial charge in [-0.3, -0.25) is 4.79 Å². The molecule has 0 aliphatic carbocycles. The summed E-state index contributed by atoms with van der Waals surface area (Å²) in [7, 11) is 1.85.